The van der Waals surface area contributed by atoms with Gasteiger partial charge in [0.1, 0.15) is 0 Å². The van der Waals surface area contributed by atoms with Gasteiger partial charge in [-0.2, -0.15) is 0 Å². The standard InChI is InChI=1S/C23H27NO3.ClH/c1-27-22-13-18-12-19(23(26)20(18)14-21(22)25)11-16-7-9-24(10-8-16)15-17-5-3-2-4-6-17;/h2-6,13-14,16,19,25H,7-12,15H2,1H3;1H/i2D,3D,4D,5D,6D;. The fourth-order valence-corrected chi connectivity index (χ4v) is 4.30. The molecular formula is C23H28ClNO3. The minimum Gasteiger partial charge on any atom is -0.504 e. The molecule has 0 saturated carbocycles. The molecule has 0 bridgehead atoms. The van der Waals surface area contributed by atoms with E-state index < -0.39 is 0 Å². The monoisotopic (exact) mass is 406 g/mol. The average molecular weight is 407 g/mol. The zero-order chi connectivity index (χ0) is 23.2. The molecule has 5 heteroatoms. The van der Waals surface area contributed by atoms with Gasteiger partial charge in [0, 0.05) is 18.0 Å². The van der Waals surface area contributed by atoms with Gasteiger partial charge in [0.15, 0.2) is 17.3 Å². The number of Topliss-reactive ketones (excluding diaryl/α,β-unsaturated/α-hetero) is 1. The fraction of sp³-hybridized carbons (Fsp3) is 0.435. The second-order valence-corrected chi connectivity index (χ2v) is 7.51. The van der Waals surface area contributed by atoms with Crippen molar-refractivity contribution < 1.29 is 21.5 Å². The third-order valence-electron chi connectivity index (χ3n) is 5.77. The number of ether oxygens (including phenoxy) is 1. The molecule has 1 fully saturated rings. The van der Waals surface area contributed by atoms with Gasteiger partial charge in [-0.15, -0.1) is 12.4 Å². The number of carbonyl (C=O) groups excluding carboxylic acids is 1. The minimum atomic E-state index is -0.365. The van der Waals surface area contributed by atoms with E-state index in [0.29, 0.717) is 35.8 Å². The minimum absolute atomic E-state index is 0. The van der Waals surface area contributed by atoms with Crippen molar-refractivity contribution in [1.29, 1.82) is 0 Å². The Morgan fingerprint density at radius 1 is 1.21 bits per heavy atom. The van der Waals surface area contributed by atoms with Crippen molar-refractivity contribution in [3.05, 3.63) is 59.0 Å². The van der Waals surface area contributed by atoms with E-state index in [9.17, 15) is 9.90 Å². The van der Waals surface area contributed by atoms with Crippen LogP contribution in [0.3, 0.4) is 0 Å². The maximum atomic E-state index is 12.8. The summed E-state index contributed by atoms with van der Waals surface area (Å²) in [4.78, 5) is 15.0. The quantitative estimate of drug-likeness (QED) is 0.795. The van der Waals surface area contributed by atoms with E-state index in [0.717, 1.165) is 37.9 Å². The summed E-state index contributed by atoms with van der Waals surface area (Å²) in [5, 5.41) is 10.00. The Balaban J connectivity index is 0.00000306. The Labute approximate surface area is 179 Å². The Hall–Kier alpha value is -2.04. The summed E-state index contributed by atoms with van der Waals surface area (Å²) < 4.78 is 44.8. The van der Waals surface area contributed by atoms with Crippen molar-refractivity contribution in [2.24, 2.45) is 11.8 Å². The second kappa shape index (κ2) is 8.97. The largest absolute Gasteiger partial charge is 0.504 e. The zero-order valence-corrected chi connectivity index (χ0v) is 16.7. The number of benzene rings is 2. The van der Waals surface area contributed by atoms with Gasteiger partial charge < -0.3 is 9.84 Å². The van der Waals surface area contributed by atoms with Crippen molar-refractivity contribution in [2.75, 3.05) is 20.2 Å². The number of piperidine rings is 1. The molecule has 1 saturated heterocycles. The summed E-state index contributed by atoms with van der Waals surface area (Å²) in [6, 6.07) is 2.05. The zero-order valence-electron chi connectivity index (χ0n) is 20.9. The maximum absolute atomic E-state index is 12.8. The van der Waals surface area contributed by atoms with Crippen LogP contribution in [0.4, 0.5) is 0 Å². The van der Waals surface area contributed by atoms with E-state index in [1.807, 2.05) is 0 Å². The number of nitrogens with zero attached hydrogens (tertiary/aromatic N) is 1. The van der Waals surface area contributed by atoms with Crippen LogP contribution in [0.1, 0.15) is 47.6 Å². The van der Waals surface area contributed by atoms with E-state index in [-0.39, 0.29) is 60.1 Å². The Bertz CT molecular complexity index is 1040. The molecule has 0 amide bonds. The summed E-state index contributed by atoms with van der Waals surface area (Å²) >= 11 is 0. The van der Waals surface area contributed by atoms with Crippen molar-refractivity contribution in [1.82, 2.24) is 4.90 Å². The highest BCUT2D eigenvalue weighted by molar-refractivity contribution is 6.02. The molecule has 0 spiro atoms. The number of carbonyl (C=O) groups is 1. The van der Waals surface area contributed by atoms with Crippen LogP contribution in [0.25, 0.3) is 0 Å². The molecule has 1 atom stereocenters. The van der Waals surface area contributed by atoms with Gasteiger partial charge >= 0.3 is 0 Å². The molecule has 1 unspecified atom stereocenters. The van der Waals surface area contributed by atoms with E-state index in [1.165, 1.54) is 13.2 Å². The van der Waals surface area contributed by atoms with Crippen LogP contribution < -0.4 is 4.74 Å². The predicted octanol–water partition coefficient (Wildman–Crippen LogP) is 4.48. The lowest BCUT2D eigenvalue weighted by Crippen LogP contribution is -2.34. The first kappa shape index (κ1) is 14.9. The number of aromatic hydroxyl groups is 1. The molecule has 1 aliphatic heterocycles. The van der Waals surface area contributed by atoms with Crippen molar-refractivity contribution in [2.45, 2.75) is 32.2 Å². The van der Waals surface area contributed by atoms with Gasteiger partial charge in [0.25, 0.3) is 0 Å². The molecule has 4 nitrogen and oxygen atoms in total. The normalized spacial score (nSPS) is 22.4. The Kier molecular flexibility index (Phi) is 4.77. The van der Waals surface area contributed by atoms with Crippen LogP contribution in [0.15, 0.2) is 42.3 Å². The molecule has 1 aliphatic carbocycles. The Morgan fingerprint density at radius 2 is 1.93 bits per heavy atom. The second-order valence-electron chi connectivity index (χ2n) is 7.51. The molecule has 0 aromatic heterocycles. The number of hydrogen-bond acceptors (Lipinski definition) is 4. The van der Waals surface area contributed by atoms with Crippen LogP contribution in [0.2, 0.25) is 0 Å². The number of phenolic OH excluding ortho intramolecular Hbond substituents is 1. The number of phenols is 1. The van der Waals surface area contributed by atoms with E-state index in [2.05, 4.69) is 4.90 Å². The predicted molar refractivity (Wildman–Crippen MR) is 112 cm³/mol. The highest BCUT2D eigenvalue weighted by Gasteiger charge is 2.34. The molecule has 2 aromatic rings. The number of hydrogen-bond donors (Lipinski definition) is 1. The number of methoxy groups -OCH3 is 1. The van der Waals surface area contributed by atoms with E-state index >= 15 is 0 Å². The Morgan fingerprint density at radius 3 is 2.61 bits per heavy atom. The summed E-state index contributed by atoms with van der Waals surface area (Å²) in [5.41, 5.74) is 1.85. The van der Waals surface area contributed by atoms with Crippen LogP contribution in [-0.4, -0.2) is 36.0 Å². The van der Waals surface area contributed by atoms with Gasteiger partial charge in [0.05, 0.1) is 14.0 Å². The SMILES string of the molecule is Cl.[2H]c1c([2H])c([2H])c(CN2CCC(CC3Cc4cc(OC)c(O)cc4C3=O)CC2)c([2H])c1[2H]. The number of halogens is 1. The van der Waals surface area contributed by atoms with Gasteiger partial charge in [0.2, 0.25) is 0 Å². The fourth-order valence-electron chi connectivity index (χ4n) is 4.30. The maximum Gasteiger partial charge on any atom is 0.166 e. The molecule has 0 radical (unpaired) electrons. The average Bonchev–Trinajstić information content (AvgIpc) is 3.08. The molecule has 1 N–H and O–H groups in total. The molecule has 28 heavy (non-hydrogen) atoms. The molecule has 2 aromatic carbocycles. The van der Waals surface area contributed by atoms with Crippen LogP contribution in [0, 0.1) is 11.8 Å². The van der Waals surface area contributed by atoms with Gasteiger partial charge in [-0.25, -0.2) is 0 Å². The lowest BCUT2D eigenvalue weighted by molar-refractivity contribution is 0.0895. The first-order chi connectivity index (χ1) is 15.2. The van der Waals surface area contributed by atoms with Crippen LogP contribution in [-0.2, 0) is 13.0 Å². The van der Waals surface area contributed by atoms with Crippen molar-refractivity contribution in [3.8, 4) is 11.5 Å². The lowest BCUT2D eigenvalue weighted by atomic mass is 9.85. The molecule has 150 valence electrons. The first-order valence-corrected chi connectivity index (χ1v) is 9.43. The topological polar surface area (TPSA) is 49.8 Å². The lowest BCUT2D eigenvalue weighted by Gasteiger charge is -2.32. The summed E-state index contributed by atoms with van der Waals surface area (Å²) in [6.07, 6.45) is 3.24. The third kappa shape index (κ3) is 4.34. The summed E-state index contributed by atoms with van der Waals surface area (Å²) in [6.45, 7) is 1.85. The van der Waals surface area contributed by atoms with Gasteiger partial charge in [-0.3, -0.25) is 9.69 Å². The molecular weight excluding hydrogens is 374 g/mol. The summed E-state index contributed by atoms with van der Waals surface area (Å²) in [7, 11) is 1.49. The number of ketones is 1. The van der Waals surface area contributed by atoms with Crippen LogP contribution >= 0.6 is 12.4 Å². The summed E-state index contributed by atoms with van der Waals surface area (Å²) in [5.74, 6) is 0.762. The highest BCUT2D eigenvalue weighted by atomic mass is 35.5. The van der Waals surface area contributed by atoms with Crippen LogP contribution in [0.5, 0.6) is 11.5 Å². The van der Waals surface area contributed by atoms with E-state index in [1.54, 1.807) is 6.07 Å². The van der Waals surface area contributed by atoms with Crippen molar-refractivity contribution in [3.63, 3.8) is 0 Å². The molecule has 4 rings (SSSR count). The van der Waals surface area contributed by atoms with Gasteiger partial charge in [-0.05, 0) is 68.0 Å². The van der Waals surface area contributed by atoms with Crippen molar-refractivity contribution >= 4 is 18.2 Å². The number of likely N-dealkylation sites (tertiary alicyclic amines) is 1. The highest BCUT2D eigenvalue weighted by Crippen LogP contribution is 2.39. The van der Waals surface area contributed by atoms with Gasteiger partial charge in [-0.1, -0.05) is 30.2 Å². The molecule has 2 aliphatic rings. The number of fused-ring (bicyclic) bond motifs is 1. The number of rotatable bonds is 5. The first-order valence-electron chi connectivity index (χ1n) is 11.9. The van der Waals surface area contributed by atoms with E-state index in [4.69, 9.17) is 11.6 Å². The smallest absolute Gasteiger partial charge is 0.166 e. The molecule has 1 heterocycles. The third-order valence-corrected chi connectivity index (χ3v) is 5.77.